The molecule has 19 nitrogen and oxygen atoms in total. The van der Waals surface area contributed by atoms with Crippen LogP contribution in [0.3, 0.4) is 0 Å². The van der Waals surface area contributed by atoms with Gasteiger partial charge in [-0.2, -0.15) is 30.4 Å². The maximum Gasteiger partial charge on any atom is 0.296 e. The summed E-state index contributed by atoms with van der Waals surface area (Å²) in [7, 11) is -12.7. The van der Waals surface area contributed by atoms with Crippen LogP contribution in [0.1, 0.15) is 23.1 Å². The van der Waals surface area contributed by atoms with Crippen LogP contribution in [-0.4, -0.2) is 63.5 Å². The summed E-state index contributed by atoms with van der Waals surface area (Å²) in [6.45, 7) is 6.50. The molecule has 342 valence electrons. The van der Waals surface area contributed by atoms with Crippen LogP contribution in [0.15, 0.2) is 168 Å². The standard InChI is InChI=1S/C44H41N7O12S3/c1-27-23-31(45-30-11-6-5-7-12-30)15-17-33(27)44(52)43(29(3)65(56,57)58)51-50-40-24-28(2)39(26-41(40)63-21-10-22-64(53,54)55)49-47-37-20-19-36(34-13-8-9-14-35(34)37)46-48-38-18-16-32(62-4)25-42(38)66(59,60)61/h5-9,11-20,23-26,45,52H,3,10,21-22H2,1-2,4H3,(H,53,54,55)(H,56,57,58)(H,59,60,61)/b44-43-,48-46?,49-47?,51-50?. The third kappa shape index (κ3) is 12.3. The molecule has 0 saturated carbocycles. The van der Waals surface area contributed by atoms with Crippen LogP contribution in [0.2, 0.25) is 0 Å². The van der Waals surface area contributed by atoms with Gasteiger partial charge in [-0.3, -0.25) is 13.7 Å². The Kier molecular flexibility index (Phi) is 14.8. The molecule has 0 fully saturated rings. The highest BCUT2D eigenvalue weighted by molar-refractivity contribution is 7.90. The topological polar surface area (TPSA) is 288 Å². The fourth-order valence-electron chi connectivity index (χ4n) is 6.24. The normalized spacial score (nSPS) is 12.8. The average Bonchev–Trinajstić information content (AvgIpc) is 3.26. The number of para-hydroxylation sites is 1. The molecule has 0 amide bonds. The van der Waals surface area contributed by atoms with Gasteiger partial charge in [-0.05, 0) is 92.1 Å². The number of fused-ring (bicyclic) bond motifs is 1. The van der Waals surface area contributed by atoms with E-state index in [1.807, 2.05) is 30.3 Å². The smallest absolute Gasteiger partial charge is 0.296 e. The fourth-order valence-corrected chi connectivity index (χ4v) is 7.74. The molecule has 0 heterocycles. The Labute approximate surface area is 379 Å². The minimum absolute atomic E-state index is 0.0409. The van der Waals surface area contributed by atoms with Gasteiger partial charge in [0, 0.05) is 39.8 Å². The van der Waals surface area contributed by atoms with E-state index < -0.39 is 57.4 Å². The second-order valence-corrected chi connectivity index (χ2v) is 18.7. The van der Waals surface area contributed by atoms with Crippen LogP contribution in [0.5, 0.6) is 11.5 Å². The molecule has 0 saturated heterocycles. The van der Waals surface area contributed by atoms with Crippen molar-refractivity contribution < 1.29 is 53.5 Å². The molecular formula is C44H41N7O12S3. The first-order valence-corrected chi connectivity index (χ1v) is 23.9. The lowest BCUT2D eigenvalue weighted by atomic mass is 10.0. The third-order valence-electron chi connectivity index (χ3n) is 9.54. The van der Waals surface area contributed by atoms with E-state index in [0.29, 0.717) is 39.0 Å². The van der Waals surface area contributed by atoms with Crippen LogP contribution < -0.4 is 14.8 Å². The molecular weight excluding hydrogens is 915 g/mol. The third-order valence-corrected chi connectivity index (χ3v) is 12.0. The molecule has 0 aliphatic rings. The number of aliphatic hydroxyl groups excluding tert-OH is 1. The van der Waals surface area contributed by atoms with Gasteiger partial charge >= 0.3 is 0 Å². The molecule has 0 aliphatic heterocycles. The molecule has 6 rings (SSSR count). The van der Waals surface area contributed by atoms with Crippen LogP contribution in [0.25, 0.3) is 16.5 Å². The number of azo groups is 3. The molecule has 6 aromatic rings. The lowest BCUT2D eigenvalue weighted by Gasteiger charge is -2.13. The lowest BCUT2D eigenvalue weighted by molar-refractivity contribution is 0.317. The van der Waals surface area contributed by atoms with Gasteiger partial charge in [0.2, 0.25) is 0 Å². The van der Waals surface area contributed by atoms with E-state index in [1.165, 1.54) is 37.4 Å². The van der Waals surface area contributed by atoms with Gasteiger partial charge in [0.15, 0.2) is 5.76 Å². The van der Waals surface area contributed by atoms with Crippen LogP contribution in [0, 0.1) is 13.8 Å². The second kappa shape index (κ2) is 20.3. The van der Waals surface area contributed by atoms with Crippen LogP contribution >= 0.6 is 0 Å². The highest BCUT2D eigenvalue weighted by Gasteiger charge is 2.23. The summed E-state index contributed by atoms with van der Waals surface area (Å²) in [5.41, 5.74) is 2.62. The van der Waals surface area contributed by atoms with E-state index in [9.17, 15) is 44.0 Å². The van der Waals surface area contributed by atoms with Crippen molar-refractivity contribution in [1.29, 1.82) is 0 Å². The number of ether oxygens (including phenoxy) is 2. The molecule has 5 N–H and O–H groups in total. The van der Waals surface area contributed by atoms with Crippen molar-refractivity contribution >= 4 is 86.7 Å². The van der Waals surface area contributed by atoms with Crippen molar-refractivity contribution in [2.24, 2.45) is 30.7 Å². The second-order valence-electron chi connectivity index (χ2n) is 14.3. The molecule has 66 heavy (non-hydrogen) atoms. The number of nitrogens with one attached hydrogen (secondary N) is 1. The molecule has 0 radical (unpaired) electrons. The number of hydrogen-bond donors (Lipinski definition) is 5. The Morgan fingerprint density at radius 3 is 1.85 bits per heavy atom. The van der Waals surface area contributed by atoms with Crippen molar-refractivity contribution in [3.8, 4) is 11.5 Å². The first-order chi connectivity index (χ1) is 31.2. The predicted octanol–water partition coefficient (Wildman–Crippen LogP) is 11.4. The summed E-state index contributed by atoms with van der Waals surface area (Å²) in [5, 5.41) is 41.3. The minimum atomic E-state index is -5.02. The van der Waals surface area contributed by atoms with Gasteiger partial charge < -0.3 is 19.9 Å². The quantitative estimate of drug-likeness (QED) is 0.0176. The largest absolute Gasteiger partial charge is 0.505 e. The zero-order valence-electron chi connectivity index (χ0n) is 35.3. The van der Waals surface area contributed by atoms with Gasteiger partial charge in [-0.1, -0.05) is 49.0 Å². The number of nitrogens with zero attached hydrogens (tertiary/aromatic N) is 6. The average molecular weight is 956 g/mol. The Morgan fingerprint density at radius 2 is 1.26 bits per heavy atom. The monoisotopic (exact) mass is 955 g/mol. The number of methoxy groups -OCH3 is 1. The Morgan fingerprint density at radius 1 is 0.652 bits per heavy atom. The number of rotatable bonds is 18. The Balaban J connectivity index is 1.36. The fraction of sp³-hybridized carbons (Fsp3) is 0.136. The molecule has 0 unspecified atom stereocenters. The van der Waals surface area contributed by atoms with Gasteiger partial charge in [0.25, 0.3) is 30.4 Å². The summed E-state index contributed by atoms with van der Waals surface area (Å²) in [6.07, 6.45) is -0.148. The van der Waals surface area contributed by atoms with Crippen molar-refractivity contribution in [2.75, 3.05) is 24.8 Å². The molecule has 0 bridgehead atoms. The van der Waals surface area contributed by atoms with E-state index >= 15 is 0 Å². The van der Waals surface area contributed by atoms with Gasteiger partial charge in [-0.25, -0.2) is 0 Å². The van der Waals surface area contributed by atoms with Crippen molar-refractivity contribution in [2.45, 2.75) is 25.2 Å². The van der Waals surface area contributed by atoms with E-state index in [-0.39, 0.29) is 47.2 Å². The SMILES string of the molecule is C=C(/C(N=Nc1cc(C)c(N=Nc2ccc(N=Nc3ccc(OC)cc3S(=O)(=O)O)c3ccccc23)cc1OCCCS(=O)(=O)O)=C(/O)c1ccc(Nc2ccccc2)cc1C)S(=O)(=O)O. The first-order valence-electron chi connectivity index (χ1n) is 19.4. The molecule has 0 spiro atoms. The predicted molar refractivity (Wildman–Crippen MR) is 248 cm³/mol. The molecule has 0 aromatic heterocycles. The molecule has 0 aliphatic carbocycles. The van der Waals surface area contributed by atoms with E-state index in [1.54, 1.807) is 62.4 Å². The number of aryl methyl sites for hydroxylation is 2. The lowest BCUT2D eigenvalue weighted by Crippen LogP contribution is -2.08. The molecule has 6 aromatic carbocycles. The van der Waals surface area contributed by atoms with E-state index in [4.69, 9.17) is 9.47 Å². The molecule has 22 heteroatoms. The number of benzene rings is 6. The van der Waals surface area contributed by atoms with E-state index in [2.05, 4.69) is 42.6 Å². The Bertz CT molecular complexity index is 3310. The zero-order chi connectivity index (χ0) is 47.8. The molecule has 0 atom stereocenters. The number of hydrogen-bond acceptors (Lipinski definition) is 16. The van der Waals surface area contributed by atoms with Gasteiger partial charge in [0.05, 0.1) is 36.5 Å². The maximum absolute atomic E-state index is 12.4. The first kappa shape index (κ1) is 48.3. The highest BCUT2D eigenvalue weighted by Crippen LogP contribution is 2.40. The van der Waals surface area contributed by atoms with Gasteiger partial charge in [-0.15, -0.1) is 25.6 Å². The summed E-state index contributed by atoms with van der Waals surface area (Å²) >= 11 is 0. The maximum atomic E-state index is 12.4. The van der Waals surface area contributed by atoms with Crippen LogP contribution in [0.4, 0.5) is 39.8 Å². The summed E-state index contributed by atoms with van der Waals surface area (Å²) < 4.78 is 112. The Hall–Kier alpha value is -7.21. The highest BCUT2D eigenvalue weighted by atomic mass is 32.2. The van der Waals surface area contributed by atoms with Crippen LogP contribution in [-0.2, 0) is 30.4 Å². The van der Waals surface area contributed by atoms with Crippen molar-refractivity contribution in [3.63, 3.8) is 0 Å². The summed E-state index contributed by atoms with van der Waals surface area (Å²) in [6, 6.07) is 31.1. The van der Waals surface area contributed by atoms with Gasteiger partial charge in [0.1, 0.15) is 38.4 Å². The zero-order valence-corrected chi connectivity index (χ0v) is 37.7. The van der Waals surface area contributed by atoms with E-state index in [0.717, 1.165) is 11.8 Å². The minimum Gasteiger partial charge on any atom is -0.505 e. The summed E-state index contributed by atoms with van der Waals surface area (Å²) in [4.78, 5) is -1.46. The van der Waals surface area contributed by atoms with Crippen molar-refractivity contribution in [1.82, 2.24) is 0 Å². The summed E-state index contributed by atoms with van der Waals surface area (Å²) in [5.74, 6) is -1.16. The number of aliphatic hydroxyl groups is 1. The van der Waals surface area contributed by atoms with Crippen molar-refractivity contribution in [3.05, 3.63) is 149 Å². The number of anilines is 2.